The first-order valence-electron chi connectivity index (χ1n) is 7.06. The average Bonchev–Trinajstić information content (AvgIpc) is 3.00. The van der Waals surface area contributed by atoms with Crippen molar-refractivity contribution in [1.82, 2.24) is 15.1 Å². The number of carbonyl (C=O) groups is 1. The number of hydrogen-bond donors (Lipinski definition) is 1. The van der Waals surface area contributed by atoms with Gasteiger partial charge in [-0.3, -0.25) is 0 Å². The molecule has 0 saturated carbocycles. The molecule has 21 heavy (non-hydrogen) atoms. The van der Waals surface area contributed by atoms with Gasteiger partial charge in [-0.15, -0.1) is 0 Å². The standard InChI is InChI=1S/C16H18N4O/c17-11-15-12-19-20(13-15)16(21)18-10-6-2-5-9-14-7-3-1-4-8-14/h1,3-4,7-8,12-13H,2,5-6,9-10H2,(H,18,21). The quantitative estimate of drug-likeness (QED) is 0.828. The number of nitrogens with zero attached hydrogens (tertiary/aromatic N) is 3. The lowest BCUT2D eigenvalue weighted by Crippen LogP contribution is -2.29. The van der Waals surface area contributed by atoms with E-state index in [9.17, 15) is 4.79 Å². The summed E-state index contributed by atoms with van der Waals surface area (Å²) in [5.41, 5.74) is 1.73. The molecule has 0 spiro atoms. The second-order valence-corrected chi connectivity index (χ2v) is 4.81. The molecule has 0 aliphatic rings. The summed E-state index contributed by atoms with van der Waals surface area (Å²) in [6, 6.07) is 12.0. The van der Waals surface area contributed by atoms with Crippen LogP contribution in [0.1, 0.15) is 30.4 Å². The number of hydrogen-bond acceptors (Lipinski definition) is 3. The van der Waals surface area contributed by atoms with Crippen molar-refractivity contribution in [3.63, 3.8) is 0 Å². The zero-order valence-corrected chi connectivity index (χ0v) is 11.8. The summed E-state index contributed by atoms with van der Waals surface area (Å²) in [5.74, 6) is 0. The van der Waals surface area contributed by atoms with Gasteiger partial charge in [0, 0.05) is 6.54 Å². The predicted molar refractivity (Wildman–Crippen MR) is 79.7 cm³/mol. The number of nitriles is 1. The number of rotatable bonds is 6. The highest BCUT2D eigenvalue weighted by Gasteiger charge is 2.05. The van der Waals surface area contributed by atoms with Crippen LogP contribution in [0, 0.1) is 11.3 Å². The molecule has 5 heteroatoms. The van der Waals surface area contributed by atoms with Gasteiger partial charge in [-0.1, -0.05) is 36.8 Å². The van der Waals surface area contributed by atoms with Crippen LogP contribution < -0.4 is 5.32 Å². The topological polar surface area (TPSA) is 70.7 Å². The van der Waals surface area contributed by atoms with E-state index >= 15 is 0 Å². The minimum absolute atomic E-state index is 0.292. The normalized spacial score (nSPS) is 10.0. The molecule has 0 atom stereocenters. The number of benzene rings is 1. The van der Waals surface area contributed by atoms with Gasteiger partial charge in [-0.05, 0) is 24.8 Å². The van der Waals surface area contributed by atoms with Gasteiger partial charge in [0.25, 0.3) is 0 Å². The third kappa shape index (κ3) is 4.77. The summed E-state index contributed by atoms with van der Waals surface area (Å²) in [6.45, 7) is 0.620. The van der Waals surface area contributed by atoms with Crippen LogP contribution in [0.4, 0.5) is 4.79 Å². The van der Waals surface area contributed by atoms with E-state index < -0.39 is 0 Å². The van der Waals surface area contributed by atoms with Crippen LogP contribution in [0.2, 0.25) is 0 Å². The summed E-state index contributed by atoms with van der Waals surface area (Å²) in [7, 11) is 0. The number of unbranched alkanes of at least 4 members (excludes halogenated alkanes) is 2. The lowest BCUT2D eigenvalue weighted by molar-refractivity contribution is 0.239. The van der Waals surface area contributed by atoms with Crippen molar-refractivity contribution < 1.29 is 4.79 Å². The molecular weight excluding hydrogens is 264 g/mol. The maximum absolute atomic E-state index is 11.7. The highest BCUT2D eigenvalue weighted by Crippen LogP contribution is 2.05. The van der Waals surface area contributed by atoms with E-state index in [2.05, 4.69) is 34.7 Å². The van der Waals surface area contributed by atoms with E-state index in [0.29, 0.717) is 12.1 Å². The molecule has 0 aliphatic carbocycles. The second kappa shape index (κ2) is 7.85. The fourth-order valence-corrected chi connectivity index (χ4v) is 2.04. The Kier molecular flexibility index (Phi) is 5.53. The van der Waals surface area contributed by atoms with Gasteiger partial charge in [-0.2, -0.15) is 15.0 Å². The lowest BCUT2D eigenvalue weighted by Gasteiger charge is -2.05. The molecule has 2 aromatic rings. The van der Waals surface area contributed by atoms with Crippen molar-refractivity contribution in [3.8, 4) is 6.07 Å². The van der Waals surface area contributed by atoms with Crippen molar-refractivity contribution in [2.24, 2.45) is 0 Å². The van der Waals surface area contributed by atoms with Gasteiger partial charge in [0.05, 0.1) is 18.0 Å². The summed E-state index contributed by atoms with van der Waals surface area (Å²) < 4.78 is 1.16. The molecule has 1 N–H and O–H groups in total. The van der Waals surface area contributed by atoms with Gasteiger partial charge >= 0.3 is 6.03 Å². The van der Waals surface area contributed by atoms with Gasteiger partial charge < -0.3 is 5.32 Å². The van der Waals surface area contributed by atoms with Crippen LogP contribution in [0.15, 0.2) is 42.7 Å². The van der Waals surface area contributed by atoms with E-state index in [1.165, 1.54) is 18.0 Å². The first kappa shape index (κ1) is 14.8. The Morgan fingerprint density at radius 2 is 2.05 bits per heavy atom. The van der Waals surface area contributed by atoms with Crippen LogP contribution in [0.5, 0.6) is 0 Å². The van der Waals surface area contributed by atoms with Crippen molar-refractivity contribution in [1.29, 1.82) is 5.26 Å². The summed E-state index contributed by atoms with van der Waals surface area (Å²) in [5, 5.41) is 15.3. The Morgan fingerprint density at radius 3 is 2.76 bits per heavy atom. The third-order valence-corrected chi connectivity index (χ3v) is 3.18. The molecule has 5 nitrogen and oxygen atoms in total. The number of amides is 1. The molecule has 2 rings (SSSR count). The third-order valence-electron chi connectivity index (χ3n) is 3.18. The van der Waals surface area contributed by atoms with Crippen LogP contribution >= 0.6 is 0 Å². The van der Waals surface area contributed by atoms with E-state index in [1.807, 2.05) is 12.1 Å². The number of aryl methyl sites for hydroxylation is 1. The molecule has 0 fully saturated rings. The highest BCUT2D eigenvalue weighted by atomic mass is 16.2. The van der Waals surface area contributed by atoms with Crippen LogP contribution in [-0.2, 0) is 6.42 Å². The molecule has 1 aromatic carbocycles. The van der Waals surface area contributed by atoms with Gasteiger partial charge in [-0.25, -0.2) is 4.79 Å². The minimum Gasteiger partial charge on any atom is -0.336 e. The van der Waals surface area contributed by atoms with E-state index in [1.54, 1.807) is 0 Å². The Balaban J connectivity index is 1.59. The van der Waals surface area contributed by atoms with Gasteiger partial charge in [0.2, 0.25) is 0 Å². The zero-order valence-electron chi connectivity index (χ0n) is 11.8. The predicted octanol–water partition coefficient (Wildman–Crippen LogP) is 2.73. The van der Waals surface area contributed by atoms with Gasteiger partial charge in [0.15, 0.2) is 0 Å². The molecule has 0 saturated heterocycles. The lowest BCUT2D eigenvalue weighted by atomic mass is 10.1. The first-order chi connectivity index (χ1) is 10.3. The number of aromatic nitrogens is 2. The van der Waals surface area contributed by atoms with Crippen molar-refractivity contribution in [2.45, 2.75) is 25.7 Å². The molecule has 1 amide bonds. The second-order valence-electron chi connectivity index (χ2n) is 4.81. The summed E-state index contributed by atoms with van der Waals surface area (Å²) >= 11 is 0. The van der Waals surface area contributed by atoms with E-state index in [0.717, 1.165) is 30.4 Å². The summed E-state index contributed by atoms with van der Waals surface area (Å²) in [6.07, 6.45) is 6.98. The molecule has 1 heterocycles. The molecule has 108 valence electrons. The molecule has 0 bridgehead atoms. The van der Waals surface area contributed by atoms with E-state index in [-0.39, 0.29) is 6.03 Å². The maximum Gasteiger partial charge on any atom is 0.342 e. The van der Waals surface area contributed by atoms with Crippen molar-refractivity contribution in [3.05, 3.63) is 53.9 Å². The molecule has 1 aromatic heterocycles. The van der Waals surface area contributed by atoms with Crippen LogP contribution in [0.25, 0.3) is 0 Å². The molecule has 0 aliphatic heterocycles. The summed E-state index contributed by atoms with van der Waals surface area (Å²) in [4.78, 5) is 11.7. The fraction of sp³-hybridized carbons (Fsp3) is 0.312. The van der Waals surface area contributed by atoms with Crippen LogP contribution in [-0.4, -0.2) is 22.4 Å². The average molecular weight is 282 g/mol. The van der Waals surface area contributed by atoms with E-state index in [4.69, 9.17) is 5.26 Å². The smallest absolute Gasteiger partial charge is 0.336 e. The van der Waals surface area contributed by atoms with Gasteiger partial charge in [0.1, 0.15) is 6.07 Å². The number of nitrogens with one attached hydrogen (secondary N) is 1. The number of carbonyl (C=O) groups excluding carboxylic acids is 1. The largest absolute Gasteiger partial charge is 0.342 e. The first-order valence-corrected chi connectivity index (χ1v) is 7.06. The molecule has 0 unspecified atom stereocenters. The Bertz CT molecular complexity index is 613. The van der Waals surface area contributed by atoms with Crippen LogP contribution in [0.3, 0.4) is 0 Å². The molecular formula is C16H18N4O. The Hall–Kier alpha value is -2.61. The molecule has 0 radical (unpaired) electrons. The Labute approximate surface area is 124 Å². The monoisotopic (exact) mass is 282 g/mol. The minimum atomic E-state index is -0.292. The van der Waals surface area contributed by atoms with Crippen molar-refractivity contribution >= 4 is 6.03 Å². The Morgan fingerprint density at radius 1 is 1.24 bits per heavy atom. The fourth-order valence-electron chi connectivity index (χ4n) is 2.04. The maximum atomic E-state index is 11.7. The highest BCUT2D eigenvalue weighted by molar-refractivity contribution is 5.75. The van der Waals surface area contributed by atoms with Crippen molar-refractivity contribution in [2.75, 3.05) is 6.54 Å². The SMILES string of the molecule is N#Cc1cnn(C(=O)NCCCCCc2ccccc2)c1. The zero-order chi connectivity index (χ0) is 14.9.